The Kier molecular flexibility index (Phi) is 7.34. The Morgan fingerprint density at radius 1 is 1.24 bits per heavy atom. The Labute approximate surface area is 138 Å². The van der Waals surface area contributed by atoms with Gasteiger partial charge in [0.15, 0.2) is 0 Å². The molecule has 0 bridgehead atoms. The SMILES string of the molecule is CCN(C(C)CN(C)C)C(C)(CN)Cc1ccc(Br)cc1. The monoisotopic (exact) mass is 355 g/mol. The summed E-state index contributed by atoms with van der Waals surface area (Å²) >= 11 is 3.49. The Morgan fingerprint density at radius 2 is 1.81 bits per heavy atom. The van der Waals surface area contributed by atoms with E-state index in [1.807, 2.05) is 0 Å². The summed E-state index contributed by atoms with van der Waals surface area (Å²) in [4.78, 5) is 4.78. The predicted molar refractivity (Wildman–Crippen MR) is 95.7 cm³/mol. The van der Waals surface area contributed by atoms with Gasteiger partial charge in [0, 0.05) is 29.1 Å². The highest BCUT2D eigenvalue weighted by Gasteiger charge is 2.33. The lowest BCUT2D eigenvalue weighted by molar-refractivity contribution is 0.0613. The second-order valence-electron chi connectivity index (χ2n) is 6.40. The van der Waals surface area contributed by atoms with E-state index >= 15 is 0 Å². The van der Waals surface area contributed by atoms with Gasteiger partial charge in [-0.15, -0.1) is 0 Å². The molecule has 2 atom stereocenters. The van der Waals surface area contributed by atoms with Gasteiger partial charge < -0.3 is 10.6 Å². The fourth-order valence-electron chi connectivity index (χ4n) is 3.19. The summed E-state index contributed by atoms with van der Waals surface area (Å²) in [5.74, 6) is 0. The van der Waals surface area contributed by atoms with E-state index in [4.69, 9.17) is 5.73 Å². The molecular formula is C17H30BrN3. The van der Waals surface area contributed by atoms with Gasteiger partial charge in [0.25, 0.3) is 0 Å². The highest BCUT2D eigenvalue weighted by atomic mass is 79.9. The first kappa shape index (κ1) is 18.6. The second-order valence-corrected chi connectivity index (χ2v) is 7.32. The first-order chi connectivity index (χ1) is 9.82. The zero-order chi connectivity index (χ0) is 16.0. The normalized spacial score (nSPS) is 16.2. The van der Waals surface area contributed by atoms with Crippen molar-refractivity contribution in [2.24, 2.45) is 5.73 Å². The minimum absolute atomic E-state index is 0.0159. The molecule has 0 aliphatic rings. The number of benzene rings is 1. The number of nitrogens with zero attached hydrogens (tertiary/aromatic N) is 2. The summed E-state index contributed by atoms with van der Waals surface area (Å²) in [6.45, 7) is 9.52. The van der Waals surface area contributed by atoms with Crippen LogP contribution in [0, 0.1) is 0 Å². The molecule has 1 aromatic rings. The first-order valence-corrected chi connectivity index (χ1v) is 8.47. The van der Waals surface area contributed by atoms with Crippen molar-refractivity contribution in [2.45, 2.75) is 38.8 Å². The third-order valence-corrected chi connectivity index (χ3v) is 4.66. The van der Waals surface area contributed by atoms with Crippen molar-refractivity contribution in [2.75, 3.05) is 33.7 Å². The maximum Gasteiger partial charge on any atom is 0.0347 e. The van der Waals surface area contributed by atoms with E-state index in [1.54, 1.807) is 0 Å². The van der Waals surface area contributed by atoms with Crippen molar-refractivity contribution in [1.82, 2.24) is 9.80 Å². The minimum Gasteiger partial charge on any atom is -0.329 e. The molecule has 0 fully saturated rings. The summed E-state index contributed by atoms with van der Waals surface area (Å²) in [6.07, 6.45) is 0.975. The molecular weight excluding hydrogens is 326 g/mol. The number of rotatable bonds is 8. The highest BCUT2D eigenvalue weighted by molar-refractivity contribution is 9.10. The van der Waals surface area contributed by atoms with E-state index in [9.17, 15) is 0 Å². The Bertz CT molecular complexity index is 419. The molecule has 4 heteroatoms. The molecule has 0 aliphatic carbocycles. The number of likely N-dealkylation sites (N-methyl/N-ethyl adjacent to an activating group) is 2. The van der Waals surface area contributed by atoms with Gasteiger partial charge in [-0.25, -0.2) is 0 Å². The quantitative estimate of drug-likeness (QED) is 0.777. The van der Waals surface area contributed by atoms with E-state index in [2.05, 4.69) is 84.9 Å². The number of halogens is 1. The Hall–Kier alpha value is -0.420. The van der Waals surface area contributed by atoms with E-state index in [-0.39, 0.29) is 5.54 Å². The van der Waals surface area contributed by atoms with E-state index in [0.29, 0.717) is 12.6 Å². The van der Waals surface area contributed by atoms with Gasteiger partial charge >= 0.3 is 0 Å². The summed E-state index contributed by atoms with van der Waals surface area (Å²) in [5.41, 5.74) is 7.48. The van der Waals surface area contributed by atoms with Gasteiger partial charge in [0.05, 0.1) is 0 Å². The lowest BCUT2D eigenvalue weighted by Gasteiger charge is -2.45. The highest BCUT2D eigenvalue weighted by Crippen LogP contribution is 2.23. The van der Waals surface area contributed by atoms with Crippen molar-refractivity contribution in [3.05, 3.63) is 34.3 Å². The maximum atomic E-state index is 6.17. The molecule has 0 radical (unpaired) electrons. The van der Waals surface area contributed by atoms with Crippen LogP contribution in [0.2, 0.25) is 0 Å². The summed E-state index contributed by atoms with van der Waals surface area (Å²) in [6, 6.07) is 9.05. The Morgan fingerprint density at radius 3 is 2.24 bits per heavy atom. The van der Waals surface area contributed by atoms with Crippen LogP contribution in [0.4, 0.5) is 0 Å². The van der Waals surface area contributed by atoms with Crippen molar-refractivity contribution in [3.8, 4) is 0 Å². The average molecular weight is 356 g/mol. The maximum absolute atomic E-state index is 6.17. The van der Waals surface area contributed by atoms with Crippen LogP contribution in [0.1, 0.15) is 26.3 Å². The van der Waals surface area contributed by atoms with Crippen molar-refractivity contribution >= 4 is 15.9 Å². The van der Waals surface area contributed by atoms with E-state index in [0.717, 1.165) is 24.0 Å². The van der Waals surface area contributed by atoms with Gasteiger partial charge in [-0.05, 0) is 58.6 Å². The van der Waals surface area contributed by atoms with Gasteiger partial charge in [-0.1, -0.05) is 35.0 Å². The third kappa shape index (κ3) is 5.37. The van der Waals surface area contributed by atoms with Crippen LogP contribution in [0.5, 0.6) is 0 Å². The summed E-state index contributed by atoms with van der Waals surface area (Å²) in [5, 5.41) is 0. The Balaban J connectivity index is 2.91. The van der Waals surface area contributed by atoms with Crippen LogP contribution < -0.4 is 5.73 Å². The molecule has 0 heterocycles. The van der Waals surface area contributed by atoms with Crippen molar-refractivity contribution in [1.29, 1.82) is 0 Å². The van der Waals surface area contributed by atoms with E-state index in [1.165, 1.54) is 5.56 Å². The van der Waals surface area contributed by atoms with Crippen LogP contribution >= 0.6 is 15.9 Å². The summed E-state index contributed by atoms with van der Waals surface area (Å²) in [7, 11) is 4.25. The molecule has 0 aliphatic heterocycles. The molecule has 2 unspecified atom stereocenters. The zero-order valence-electron chi connectivity index (χ0n) is 14.1. The average Bonchev–Trinajstić information content (AvgIpc) is 2.41. The molecule has 0 spiro atoms. The van der Waals surface area contributed by atoms with Gasteiger partial charge in [0.1, 0.15) is 0 Å². The minimum atomic E-state index is -0.0159. The number of hydrogen-bond acceptors (Lipinski definition) is 3. The third-order valence-electron chi connectivity index (χ3n) is 4.13. The molecule has 0 saturated carbocycles. The summed E-state index contributed by atoms with van der Waals surface area (Å²) < 4.78 is 1.12. The zero-order valence-corrected chi connectivity index (χ0v) is 15.7. The van der Waals surface area contributed by atoms with Gasteiger partial charge in [-0.3, -0.25) is 4.90 Å². The molecule has 0 saturated heterocycles. The number of nitrogens with two attached hydrogens (primary N) is 1. The topological polar surface area (TPSA) is 32.5 Å². The molecule has 3 nitrogen and oxygen atoms in total. The molecule has 1 rings (SSSR count). The molecule has 0 aromatic heterocycles. The van der Waals surface area contributed by atoms with E-state index < -0.39 is 0 Å². The largest absolute Gasteiger partial charge is 0.329 e. The lowest BCUT2D eigenvalue weighted by Crippen LogP contribution is -2.58. The van der Waals surface area contributed by atoms with Crippen LogP contribution in [0.15, 0.2) is 28.7 Å². The van der Waals surface area contributed by atoms with Gasteiger partial charge in [-0.2, -0.15) is 0 Å². The number of hydrogen-bond donors (Lipinski definition) is 1. The second kappa shape index (κ2) is 8.28. The first-order valence-electron chi connectivity index (χ1n) is 7.68. The fraction of sp³-hybridized carbons (Fsp3) is 0.647. The molecule has 0 amide bonds. The van der Waals surface area contributed by atoms with Crippen LogP contribution in [0.3, 0.4) is 0 Å². The predicted octanol–water partition coefficient (Wildman–Crippen LogP) is 2.98. The molecule has 1 aromatic carbocycles. The molecule has 120 valence electrons. The smallest absolute Gasteiger partial charge is 0.0347 e. The van der Waals surface area contributed by atoms with Crippen molar-refractivity contribution < 1.29 is 0 Å². The van der Waals surface area contributed by atoms with Crippen molar-refractivity contribution in [3.63, 3.8) is 0 Å². The fourth-order valence-corrected chi connectivity index (χ4v) is 3.45. The van der Waals surface area contributed by atoms with Crippen LogP contribution in [0.25, 0.3) is 0 Å². The standard InChI is InChI=1S/C17H30BrN3/c1-6-21(14(2)12-20(4)5)17(3,13-19)11-15-7-9-16(18)10-8-15/h7-10,14H,6,11-13,19H2,1-5H3. The molecule has 21 heavy (non-hydrogen) atoms. The van der Waals surface area contributed by atoms with Crippen LogP contribution in [-0.2, 0) is 6.42 Å². The lowest BCUT2D eigenvalue weighted by atomic mass is 9.89. The van der Waals surface area contributed by atoms with Gasteiger partial charge in [0.2, 0.25) is 0 Å². The van der Waals surface area contributed by atoms with Crippen LogP contribution in [-0.4, -0.2) is 55.1 Å². The molecule has 2 N–H and O–H groups in total.